The Kier molecular flexibility index (Phi) is 5.21. The lowest BCUT2D eigenvalue weighted by atomic mass is 9.59. The Morgan fingerprint density at radius 3 is 1.65 bits per heavy atom. The Bertz CT molecular complexity index is 279. The van der Waals surface area contributed by atoms with Gasteiger partial charge in [0.2, 0.25) is 0 Å². The fraction of sp³-hybridized carbons (Fsp3) is 1.00. The molecular weight excluding hydrogens is 242 g/mol. The quantitative estimate of drug-likeness (QED) is 0.668. The Morgan fingerprint density at radius 2 is 1.30 bits per heavy atom. The largest absolute Gasteiger partial charge is 0.300 e. The summed E-state index contributed by atoms with van der Waals surface area (Å²) in [5.41, 5.74) is 0.696. The molecule has 1 heteroatoms. The molecule has 1 saturated carbocycles. The maximum atomic E-state index is 2.68. The maximum Gasteiger partial charge on any atom is 0.00534 e. The third-order valence-corrected chi connectivity index (χ3v) is 5.53. The van der Waals surface area contributed by atoms with Gasteiger partial charge in [-0.3, -0.25) is 4.90 Å². The lowest BCUT2D eigenvalue weighted by molar-refractivity contribution is -0.0804. The molecule has 2 atom stereocenters. The van der Waals surface area contributed by atoms with Crippen LogP contribution in [0.4, 0.5) is 0 Å². The van der Waals surface area contributed by atoms with Crippen LogP contribution in [0.25, 0.3) is 0 Å². The van der Waals surface area contributed by atoms with E-state index in [0.717, 1.165) is 29.7 Å². The zero-order valence-electron chi connectivity index (χ0n) is 14.8. The zero-order valence-corrected chi connectivity index (χ0v) is 14.8. The van der Waals surface area contributed by atoms with Crippen LogP contribution in [0.3, 0.4) is 0 Å². The summed E-state index contributed by atoms with van der Waals surface area (Å²) in [6, 6.07) is 0.745. The van der Waals surface area contributed by atoms with Crippen LogP contribution in [0.2, 0.25) is 0 Å². The molecule has 1 aliphatic heterocycles. The summed E-state index contributed by atoms with van der Waals surface area (Å²) < 4.78 is 0. The van der Waals surface area contributed by atoms with Gasteiger partial charge in [0.1, 0.15) is 0 Å². The van der Waals surface area contributed by atoms with E-state index >= 15 is 0 Å². The predicted molar refractivity (Wildman–Crippen MR) is 88.9 cm³/mol. The van der Waals surface area contributed by atoms with E-state index in [1.165, 1.54) is 45.2 Å². The molecule has 2 fully saturated rings. The standard InChI is InChI=1S/C19H37N/c1-14(2)7-17-9-18(8-15(3)4)11-19(10-17)12-20(13-19)16(5)6/h14-18H,7-13H2,1-6H3. The molecule has 1 nitrogen and oxygen atoms in total. The molecule has 1 saturated heterocycles. The van der Waals surface area contributed by atoms with Crippen molar-refractivity contribution in [2.45, 2.75) is 79.7 Å². The third-order valence-electron chi connectivity index (χ3n) is 5.53. The van der Waals surface area contributed by atoms with Crippen molar-refractivity contribution in [2.24, 2.45) is 29.1 Å². The highest BCUT2D eigenvalue weighted by Gasteiger charge is 2.48. The lowest BCUT2D eigenvalue weighted by Gasteiger charge is -2.57. The predicted octanol–water partition coefficient (Wildman–Crippen LogP) is 5.21. The highest BCUT2D eigenvalue weighted by atomic mass is 15.2. The fourth-order valence-electron chi connectivity index (χ4n) is 5.08. The van der Waals surface area contributed by atoms with Gasteiger partial charge in [0.15, 0.2) is 0 Å². The lowest BCUT2D eigenvalue weighted by Crippen LogP contribution is -2.61. The minimum Gasteiger partial charge on any atom is -0.300 e. The first-order valence-electron chi connectivity index (χ1n) is 9.03. The zero-order chi connectivity index (χ0) is 14.9. The topological polar surface area (TPSA) is 3.24 Å². The van der Waals surface area contributed by atoms with Crippen molar-refractivity contribution in [3.05, 3.63) is 0 Å². The van der Waals surface area contributed by atoms with E-state index in [4.69, 9.17) is 0 Å². The summed E-state index contributed by atoms with van der Waals surface area (Å²) in [5, 5.41) is 0. The Morgan fingerprint density at radius 1 is 0.850 bits per heavy atom. The second-order valence-corrected chi connectivity index (χ2v) is 9.13. The van der Waals surface area contributed by atoms with Gasteiger partial charge >= 0.3 is 0 Å². The normalized spacial score (nSPS) is 30.4. The van der Waals surface area contributed by atoms with Crippen LogP contribution in [0.5, 0.6) is 0 Å². The van der Waals surface area contributed by atoms with Crippen molar-refractivity contribution in [3.8, 4) is 0 Å². The first-order chi connectivity index (χ1) is 9.29. The van der Waals surface area contributed by atoms with E-state index in [0.29, 0.717) is 5.41 Å². The van der Waals surface area contributed by atoms with Gasteiger partial charge in [-0.2, -0.15) is 0 Å². The van der Waals surface area contributed by atoms with Crippen LogP contribution in [-0.2, 0) is 0 Å². The van der Waals surface area contributed by atoms with E-state index in [1.54, 1.807) is 0 Å². The van der Waals surface area contributed by atoms with Crippen molar-refractivity contribution in [1.29, 1.82) is 0 Å². The van der Waals surface area contributed by atoms with Crippen molar-refractivity contribution in [1.82, 2.24) is 4.90 Å². The average Bonchev–Trinajstić information content (AvgIpc) is 2.22. The number of rotatable bonds is 5. The van der Waals surface area contributed by atoms with Gasteiger partial charge in [0.05, 0.1) is 0 Å². The van der Waals surface area contributed by atoms with E-state index in [9.17, 15) is 0 Å². The van der Waals surface area contributed by atoms with E-state index in [-0.39, 0.29) is 0 Å². The van der Waals surface area contributed by atoms with Crippen molar-refractivity contribution in [3.63, 3.8) is 0 Å². The van der Waals surface area contributed by atoms with Gasteiger partial charge in [-0.25, -0.2) is 0 Å². The molecule has 0 radical (unpaired) electrons. The molecule has 2 aliphatic rings. The van der Waals surface area contributed by atoms with E-state index in [2.05, 4.69) is 46.4 Å². The molecule has 0 aromatic heterocycles. The number of hydrogen-bond donors (Lipinski definition) is 0. The minimum absolute atomic E-state index is 0.696. The molecule has 0 amide bonds. The maximum absolute atomic E-state index is 2.68. The highest BCUT2D eigenvalue weighted by Crippen LogP contribution is 2.51. The van der Waals surface area contributed by atoms with E-state index < -0.39 is 0 Å². The summed E-state index contributed by atoms with van der Waals surface area (Å²) in [7, 11) is 0. The van der Waals surface area contributed by atoms with Crippen LogP contribution in [-0.4, -0.2) is 24.0 Å². The van der Waals surface area contributed by atoms with Crippen LogP contribution < -0.4 is 0 Å². The molecule has 0 N–H and O–H groups in total. The van der Waals surface area contributed by atoms with Gasteiger partial charge in [0, 0.05) is 19.1 Å². The SMILES string of the molecule is CC(C)CC1CC(CC(C)C)CC2(C1)CN(C(C)C)C2. The first kappa shape index (κ1) is 16.3. The van der Waals surface area contributed by atoms with Crippen LogP contribution >= 0.6 is 0 Å². The Labute approximate surface area is 127 Å². The van der Waals surface area contributed by atoms with Gasteiger partial charge in [-0.05, 0) is 75.0 Å². The average molecular weight is 280 g/mol. The molecular formula is C19H37N. The second kappa shape index (κ2) is 6.38. The number of likely N-dealkylation sites (tertiary alicyclic amines) is 1. The Hall–Kier alpha value is -0.0400. The third kappa shape index (κ3) is 4.00. The van der Waals surface area contributed by atoms with Crippen molar-refractivity contribution < 1.29 is 0 Å². The fourth-order valence-corrected chi connectivity index (χ4v) is 5.08. The molecule has 0 aromatic carbocycles. The van der Waals surface area contributed by atoms with E-state index in [1.807, 2.05) is 0 Å². The molecule has 0 bridgehead atoms. The van der Waals surface area contributed by atoms with Gasteiger partial charge in [0.25, 0.3) is 0 Å². The molecule has 1 aliphatic carbocycles. The van der Waals surface area contributed by atoms with Gasteiger partial charge in [-0.15, -0.1) is 0 Å². The Balaban J connectivity index is 1.97. The van der Waals surface area contributed by atoms with Gasteiger partial charge in [-0.1, -0.05) is 27.7 Å². The summed E-state index contributed by atoms with van der Waals surface area (Å²) in [5.74, 6) is 3.75. The molecule has 118 valence electrons. The smallest absolute Gasteiger partial charge is 0.00534 e. The first-order valence-corrected chi connectivity index (χ1v) is 9.03. The summed E-state index contributed by atoms with van der Waals surface area (Å²) in [4.78, 5) is 2.68. The molecule has 20 heavy (non-hydrogen) atoms. The van der Waals surface area contributed by atoms with Crippen LogP contribution in [0.1, 0.15) is 73.6 Å². The summed E-state index contributed by atoms with van der Waals surface area (Å²) in [6.07, 6.45) is 7.46. The highest BCUT2D eigenvalue weighted by molar-refractivity contribution is 5.01. The van der Waals surface area contributed by atoms with Crippen molar-refractivity contribution in [2.75, 3.05) is 13.1 Å². The van der Waals surface area contributed by atoms with Crippen molar-refractivity contribution >= 4 is 0 Å². The van der Waals surface area contributed by atoms with Crippen LogP contribution in [0.15, 0.2) is 0 Å². The monoisotopic (exact) mass is 279 g/mol. The minimum atomic E-state index is 0.696. The molecule has 2 unspecified atom stereocenters. The van der Waals surface area contributed by atoms with Crippen LogP contribution in [0, 0.1) is 29.1 Å². The molecule has 0 aromatic rings. The molecule has 1 spiro atoms. The summed E-state index contributed by atoms with van der Waals surface area (Å²) >= 11 is 0. The molecule has 2 rings (SSSR count). The second-order valence-electron chi connectivity index (χ2n) is 9.13. The van der Waals surface area contributed by atoms with Gasteiger partial charge < -0.3 is 0 Å². The number of nitrogens with zero attached hydrogens (tertiary/aromatic N) is 1. The summed E-state index contributed by atoms with van der Waals surface area (Å²) in [6.45, 7) is 17.1. The molecule has 1 heterocycles. The number of hydrogen-bond acceptors (Lipinski definition) is 1.